The van der Waals surface area contributed by atoms with E-state index >= 15 is 0 Å². The summed E-state index contributed by atoms with van der Waals surface area (Å²) < 4.78 is 0. The SMILES string of the molecule is [O]C(=O)CCCCc1ccc(N(CCCl)CCCl)cc1. The van der Waals surface area contributed by atoms with Crippen LogP contribution in [-0.2, 0) is 16.3 Å². The lowest BCUT2D eigenvalue weighted by Crippen LogP contribution is -2.27. The van der Waals surface area contributed by atoms with Crippen molar-refractivity contribution in [2.24, 2.45) is 0 Å². The van der Waals surface area contributed by atoms with Gasteiger partial charge in [0.2, 0.25) is 0 Å². The van der Waals surface area contributed by atoms with E-state index in [1.165, 1.54) is 5.56 Å². The van der Waals surface area contributed by atoms with Crippen molar-refractivity contribution in [3.63, 3.8) is 0 Å². The van der Waals surface area contributed by atoms with Gasteiger partial charge in [-0.2, -0.15) is 0 Å². The molecule has 0 N–H and O–H groups in total. The Morgan fingerprint density at radius 2 is 1.60 bits per heavy atom. The number of nitrogens with zero attached hydrogens (tertiary/aromatic N) is 1. The summed E-state index contributed by atoms with van der Waals surface area (Å²) >= 11 is 11.6. The standard InChI is InChI=1S/C15H20Cl2NO2/c16-9-11-18(12-10-17)14-7-5-13(6-8-14)3-1-2-4-15(19)20/h5-8H,1-4,9-12H2. The summed E-state index contributed by atoms with van der Waals surface area (Å²) in [6, 6.07) is 8.27. The topological polar surface area (TPSA) is 40.2 Å². The Kier molecular flexibility index (Phi) is 8.47. The molecular formula is C15H20Cl2NO2. The molecule has 1 aromatic rings. The van der Waals surface area contributed by atoms with Crippen molar-refractivity contribution in [1.82, 2.24) is 0 Å². The van der Waals surface area contributed by atoms with Crippen molar-refractivity contribution in [1.29, 1.82) is 0 Å². The van der Waals surface area contributed by atoms with E-state index in [4.69, 9.17) is 23.2 Å². The number of carbonyl (C=O) groups excluding carboxylic acids is 1. The first-order valence-corrected chi connectivity index (χ1v) is 7.90. The number of halogens is 2. The number of carbonyl (C=O) groups is 1. The second kappa shape index (κ2) is 9.89. The van der Waals surface area contributed by atoms with Gasteiger partial charge in [-0.1, -0.05) is 12.1 Å². The molecule has 0 spiro atoms. The van der Waals surface area contributed by atoms with Gasteiger partial charge in [0, 0.05) is 30.5 Å². The molecule has 0 aliphatic carbocycles. The molecule has 0 aliphatic heterocycles. The van der Waals surface area contributed by atoms with Crippen LogP contribution in [-0.4, -0.2) is 30.8 Å². The molecule has 5 heteroatoms. The predicted molar refractivity (Wildman–Crippen MR) is 83.3 cm³/mol. The van der Waals surface area contributed by atoms with Crippen LogP contribution >= 0.6 is 23.2 Å². The average Bonchev–Trinajstić information content (AvgIpc) is 2.44. The van der Waals surface area contributed by atoms with Crippen LogP contribution in [0.1, 0.15) is 24.8 Å². The first-order chi connectivity index (χ1) is 9.67. The average molecular weight is 317 g/mol. The van der Waals surface area contributed by atoms with Crippen LogP contribution in [0.15, 0.2) is 24.3 Å². The molecule has 1 radical (unpaired) electrons. The fourth-order valence-electron chi connectivity index (χ4n) is 2.05. The Bertz CT molecular complexity index is 389. The summed E-state index contributed by atoms with van der Waals surface area (Å²) in [6.07, 6.45) is 2.55. The fraction of sp³-hybridized carbons (Fsp3) is 0.533. The maximum Gasteiger partial charge on any atom is 0.355 e. The number of unbranched alkanes of at least 4 members (excludes halogenated alkanes) is 1. The molecule has 3 nitrogen and oxygen atoms in total. The second-order valence-corrected chi connectivity index (χ2v) is 5.37. The van der Waals surface area contributed by atoms with Crippen molar-refractivity contribution in [3.05, 3.63) is 29.8 Å². The summed E-state index contributed by atoms with van der Waals surface area (Å²) in [4.78, 5) is 12.5. The Hall–Kier alpha value is -0.930. The number of hydrogen-bond donors (Lipinski definition) is 0. The first-order valence-electron chi connectivity index (χ1n) is 6.83. The zero-order valence-corrected chi connectivity index (χ0v) is 13.0. The van der Waals surface area contributed by atoms with Crippen LogP contribution in [0.4, 0.5) is 5.69 Å². The Balaban J connectivity index is 2.47. The minimum absolute atomic E-state index is 0.136. The highest BCUT2D eigenvalue weighted by molar-refractivity contribution is 6.18. The minimum Gasteiger partial charge on any atom is -0.369 e. The van der Waals surface area contributed by atoms with Crippen LogP contribution in [0.3, 0.4) is 0 Å². The smallest absolute Gasteiger partial charge is 0.355 e. The van der Waals surface area contributed by atoms with Gasteiger partial charge in [0.25, 0.3) is 0 Å². The van der Waals surface area contributed by atoms with E-state index in [-0.39, 0.29) is 6.42 Å². The van der Waals surface area contributed by atoms with Gasteiger partial charge in [-0.05, 0) is 37.0 Å². The molecule has 0 amide bonds. The van der Waals surface area contributed by atoms with Crippen LogP contribution < -0.4 is 4.90 Å². The lowest BCUT2D eigenvalue weighted by atomic mass is 10.1. The first kappa shape index (κ1) is 17.1. The lowest BCUT2D eigenvalue weighted by Gasteiger charge is -2.23. The minimum atomic E-state index is -0.974. The fourth-order valence-corrected chi connectivity index (χ4v) is 2.45. The summed E-state index contributed by atoms with van der Waals surface area (Å²) in [5, 5.41) is 10.3. The van der Waals surface area contributed by atoms with E-state index in [1.807, 2.05) is 0 Å². The number of benzene rings is 1. The monoisotopic (exact) mass is 316 g/mol. The van der Waals surface area contributed by atoms with E-state index in [2.05, 4.69) is 29.2 Å². The number of anilines is 1. The Morgan fingerprint density at radius 1 is 1.00 bits per heavy atom. The van der Waals surface area contributed by atoms with Crippen molar-refractivity contribution in [2.75, 3.05) is 29.7 Å². The largest absolute Gasteiger partial charge is 0.369 e. The van der Waals surface area contributed by atoms with Crippen LogP contribution in [0, 0.1) is 0 Å². The van der Waals surface area contributed by atoms with Gasteiger partial charge in [-0.15, -0.1) is 23.2 Å². The molecule has 0 aromatic heterocycles. The van der Waals surface area contributed by atoms with E-state index < -0.39 is 5.97 Å². The quantitative estimate of drug-likeness (QED) is 0.488. The molecule has 0 saturated heterocycles. The maximum absolute atomic E-state index is 10.3. The number of alkyl halides is 2. The molecule has 0 atom stereocenters. The van der Waals surface area contributed by atoms with Crippen LogP contribution in [0.2, 0.25) is 0 Å². The number of aryl methyl sites for hydroxylation is 1. The van der Waals surface area contributed by atoms with Crippen molar-refractivity contribution in [2.45, 2.75) is 25.7 Å². The Labute approximate surface area is 130 Å². The van der Waals surface area contributed by atoms with Crippen LogP contribution in [0.5, 0.6) is 0 Å². The van der Waals surface area contributed by atoms with Crippen molar-refractivity contribution in [3.8, 4) is 0 Å². The zero-order valence-electron chi connectivity index (χ0n) is 11.5. The molecule has 0 bridgehead atoms. The summed E-state index contributed by atoms with van der Waals surface area (Å²) in [6.45, 7) is 1.55. The Morgan fingerprint density at radius 3 is 2.10 bits per heavy atom. The van der Waals surface area contributed by atoms with Crippen molar-refractivity contribution < 1.29 is 9.90 Å². The van der Waals surface area contributed by atoms with Gasteiger partial charge >= 0.3 is 5.97 Å². The molecular weight excluding hydrogens is 297 g/mol. The summed E-state index contributed by atoms with van der Waals surface area (Å²) in [7, 11) is 0. The molecule has 1 aromatic carbocycles. The van der Waals surface area contributed by atoms with Gasteiger partial charge in [-0.3, -0.25) is 0 Å². The van der Waals surface area contributed by atoms with E-state index in [1.54, 1.807) is 0 Å². The third kappa shape index (κ3) is 6.49. The normalized spacial score (nSPS) is 10.5. The van der Waals surface area contributed by atoms with Crippen LogP contribution in [0.25, 0.3) is 0 Å². The number of hydrogen-bond acceptors (Lipinski definition) is 2. The molecule has 0 heterocycles. The maximum atomic E-state index is 10.3. The molecule has 111 valence electrons. The highest BCUT2D eigenvalue weighted by atomic mass is 35.5. The lowest BCUT2D eigenvalue weighted by molar-refractivity contribution is -0.143. The van der Waals surface area contributed by atoms with Crippen molar-refractivity contribution >= 4 is 34.9 Å². The summed E-state index contributed by atoms with van der Waals surface area (Å²) in [5.41, 5.74) is 2.33. The molecule has 20 heavy (non-hydrogen) atoms. The van der Waals surface area contributed by atoms with E-state index in [9.17, 15) is 9.90 Å². The van der Waals surface area contributed by atoms with Gasteiger partial charge in [0.1, 0.15) is 0 Å². The highest BCUT2D eigenvalue weighted by Gasteiger charge is 2.05. The van der Waals surface area contributed by atoms with Gasteiger partial charge in [-0.25, -0.2) is 9.90 Å². The third-order valence-electron chi connectivity index (χ3n) is 3.11. The zero-order chi connectivity index (χ0) is 14.8. The van der Waals surface area contributed by atoms with E-state index in [0.29, 0.717) is 18.2 Å². The predicted octanol–water partition coefficient (Wildman–Crippen LogP) is 3.64. The molecule has 0 fully saturated rings. The molecule has 0 aliphatic rings. The van der Waals surface area contributed by atoms with Gasteiger partial charge < -0.3 is 4.90 Å². The summed E-state index contributed by atoms with van der Waals surface area (Å²) in [5.74, 6) is 0.169. The van der Waals surface area contributed by atoms with E-state index in [0.717, 1.165) is 31.6 Å². The van der Waals surface area contributed by atoms with Gasteiger partial charge in [0.05, 0.1) is 6.42 Å². The molecule has 0 unspecified atom stereocenters. The highest BCUT2D eigenvalue weighted by Crippen LogP contribution is 2.17. The molecule has 0 saturated carbocycles. The van der Waals surface area contributed by atoms with Gasteiger partial charge in [0.15, 0.2) is 0 Å². The number of rotatable bonds is 10. The second-order valence-electron chi connectivity index (χ2n) is 4.61. The third-order valence-corrected chi connectivity index (χ3v) is 3.44. The molecule has 1 rings (SSSR count).